The molecule has 0 spiro atoms. The minimum Gasteiger partial charge on any atom is -0.434 e. The van der Waals surface area contributed by atoms with Gasteiger partial charge in [0.2, 0.25) is 0 Å². The third-order valence-electron chi connectivity index (χ3n) is 1.51. The van der Waals surface area contributed by atoms with Crippen molar-refractivity contribution in [3.63, 3.8) is 0 Å². The first-order valence-electron chi connectivity index (χ1n) is 5.22. The molecule has 0 N–H and O–H groups in total. The van der Waals surface area contributed by atoms with Gasteiger partial charge in [-0.1, -0.05) is 13.8 Å². The topological polar surface area (TPSA) is 78.7 Å². The number of nitrogens with zero attached hydrogens (tertiary/aromatic N) is 1. The van der Waals surface area contributed by atoms with E-state index in [1.807, 2.05) is 13.8 Å². The van der Waals surface area contributed by atoms with Gasteiger partial charge in [-0.15, -0.1) is 0 Å². The molecule has 0 atom stereocenters. The predicted octanol–water partition coefficient (Wildman–Crippen LogP) is 3.16. The summed E-state index contributed by atoms with van der Waals surface area (Å²) in [5.74, 6) is 0.207. The van der Waals surface area contributed by atoms with E-state index in [1.54, 1.807) is 6.92 Å². The quantitative estimate of drug-likeness (QED) is 0.351. The minimum atomic E-state index is -0.827. The van der Waals surface area contributed by atoms with Crippen LogP contribution in [-0.2, 0) is 4.74 Å². The number of rotatable bonds is 3. The zero-order valence-corrected chi connectivity index (χ0v) is 10.0. The number of carbonyl (C=O) groups excluding carboxylic acids is 1. The zero-order valence-electron chi connectivity index (χ0n) is 10.0. The van der Waals surface area contributed by atoms with Crippen molar-refractivity contribution in [1.82, 2.24) is 0 Å². The molecule has 0 aromatic heterocycles. The molecule has 0 aliphatic carbocycles. The summed E-state index contributed by atoms with van der Waals surface area (Å²) in [4.78, 5) is 20.6. The molecule has 1 rings (SSSR count). The maximum atomic E-state index is 10.9. The second-order valence-corrected chi connectivity index (χ2v) is 2.54. The lowest BCUT2D eigenvalue weighted by molar-refractivity contribution is -0.384. The van der Waals surface area contributed by atoms with E-state index in [0.29, 0.717) is 0 Å². The first-order valence-corrected chi connectivity index (χ1v) is 5.22. The van der Waals surface area contributed by atoms with E-state index in [0.717, 1.165) is 0 Å². The van der Waals surface area contributed by atoms with Gasteiger partial charge in [0, 0.05) is 12.1 Å². The van der Waals surface area contributed by atoms with Crippen molar-refractivity contribution in [2.24, 2.45) is 0 Å². The summed E-state index contributed by atoms with van der Waals surface area (Å²) in [5, 5.41) is 10.3. The molecule has 0 bridgehead atoms. The summed E-state index contributed by atoms with van der Waals surface area (Å²) in [7, 11) is 0. The first kappa shape index (κ1) is 14.9. The van der Waals surface area contributed by atoms with Crippen LogP contribution in [-0.4, -0.2) is 17.7 Å². The SMILES string of the molecule is CC.CCOC(=O)Oc1ccc([N+](=O)[O-])cc1. The molecule has 6 heteroatoms. The van der Waals surface area contributed by atoms with E-state index >= 15 is 0 Å². The monoisotopic (exact) mass is 241 g/mol. The third-order valence-corrected chi connectivity index (χ3v) is 1.51. The Bertz CT molecular complexity index is 361. The number of benzene rings is 1. The van der Waals surface area contributed by atoms with Gasteiger partial charge in [-0.25, -0.2) is 4.79 Å². The van der Waals surface area contributed by atoms with Crippen molar-refractivity contribution in [2.45, 2.75) is 20.8 Å². The van der Waals surface area contributed by atoms with Crippen LogP contribution in [0.3, 0.4) is 0 Å². The molecular formula is C11H15NO5. The maximum Gasteiger partial charge on any atom is 0.513 e. The molecule has 0 aliphatic rings. The van der Waals surface area contributed by atoms with Gasteiger partial charge < -0.3 is 9.47 Å². The fourth-order valence-corrected chi connectivity index (χ4v) is 0.879. The lowest BCUT2D eigenvalue weighted by Gasteiger charge is -2.02. The van der Waals surface area contributed by atoms with Crippen molar-refractivity contribution >= 4 is 11.8 Å². The molecule has 0 fully saturated rings. The molecule has 0 saturated carbocycles. The Morgan fingerprint density at radius 1 is 1.29 bits per heavy atom. The smallest absolute Gasteiger partial charge is 0.434 e. The van der Waals surface area contributed by atoms with E-state index in [1.165, 1.54) is 24.3 Å². The average Bonchev–Trinajstić information content (AvgIpc) is 2.32. The lowest BCUT2D eigenvalue weighted by Crippen LogP contribution is -2.09. The molecule has 0 amide bonds. The highest BCUT2D eigenvalue weighted by Crippen LogP contribution is 2.17. The van der Waals surface area contributed by atoms with Gasteiger partial charge in [0.15, 0.2) is 0 Å². The summed E-state index contributed by atoms with van der Waals surface area (Å²) in [5.41, 5.74) is -0.0637. The van der Waals surface area contributed by atoms with Crippen LogP contribution in [0.4, 0.5) is 10.5 Å². The second kappa shape index (κ2) is 8.09. The molecule has 17 heavy (non-hydrogen) atoms. The van der Waals surface area contributed by atoms with E-state index in [9.17, 15) is 14.9 Å². The minimum absolute atomic E-state index is 0.0637. The number of carbonyl (C=O) groups is 1. The molecule has 6 nitrogen and oxygen atoms in total. The van der Waals surface area contributed by atoms with E-state index < -0.39 is 11.1 Å². The van der Waals surface area contributed by atoms with Gasteiger partial charge in [-0.3, -0.25) is 10.1 Å². The zero-order chi connectivity index (χ0) is 13.3. The molecule has 0 heterocycles. The van der Waals surface area contributed by atoms with Gasteiger partial charge >= 0.3 is 6.16 Å². The van der Waals surface area contributed by atoms with Crippen LogP contribution >= 0.6 is 0 Å². The summed E-state index contributed by atoms with van der Waals surface area (Å²) in [6, 6.07) is 5.15. The Hall–Kier alpha value is -2.11. The second-order valence-electron chi connectivity index (χ2n) is 2.54. The Balaban J connectivity index is 0.00000121. The number of ether oxygens (including phenoxy) is 2. The summed E-state index contributed by atoms with van der Waals surface area (Å²) in [6.45, 7) is 5.86. The largest absolute Gasteiger partial charge is 0.513 e. The van der Waals surface area contributed by atoms with E-state index in [-0.39, 0.29) is 18.0 Å². The average molecular weight is 241 g/mol. The summed E-state index contributed by atoms with van der Waals surface area (Å²) >= 11 is 0. The van der Waals surface area contributed by atoms with Crippen LogP contribution in [0.15, 0.2) is 24.3 Å². The van der Waals surface area contributed by atoms with Crippen molar-refractivity contribution in [3.8, 4) is 5.75 Å². The summed E-state index contributed by atoms with van der Waals surface area (Å²) in [6.07, 6.45) is -0.827. The number of nitro groups is 1. The number of nitro benzene ring substituents is 1. The maximum absolute atomic E-state index is 10.9. The van der Waals surface area contributed by atoms with Crippen LogP contribution < -0.4 is 4.74 Å². The molecule has 0 saturated heterocycles. The van der Waals surface area contributed by atoms with Crippen LogP contribution in [0.2, 0.25) is 0 Å². The number of hydrogen-bond acceptors (Lipinski definition) is 5. The standard InChI is InChI=1S/C9H9NO5.C2H6/c1-2-14-9(11)15-8-5-3-7(4-6-8)10(12)13;1-2/h3-6H,2H2,1H3;1-2H3. The molecule has 0 aliphatic heterocycles. The molecule has 94 valence electrons. The van der Waals surface area contributed by atoms with Crippen molar-refractivity contribution in [1.29, 1.82) is 0 Å². The summed E-state index contributed by atoms with van der Waals surface area (Å²) < 4.78 is 9.23. The lowest BCUT2D eigenvalue weighted by atomic mass is 10.3. The van der Waals surface area contributed by atoms with Crippen LogP contribution in [0.25, 0.3) is 0 Å². The predicted molar refractivity (Wildman–Crippen MR) is 62.1 cm³/mol. The molecule has 1 aromatic carbocycles. The first-order chi connectivity index (χ1) is 8.13. The van der Waals surface area contributed by atoms with Gasteiger partial charge in [-0.05, 0) is 19.1 Å². The van der Waals surface area contributed by atoms with Crippen molar-refractivity contribution in [3.05, 3.63) is 34.4 Å². The van der Waals surface area contributed by atoms with Gasteiger partial charge in [-0.2, -0.15) is 0 Å². The highest BCUT2D eigenvalue weighted by atomic mass is 16.7. The van der Waals surface area contributed by atoms with Gasteiger partial charge in [0.1, 0.15) is 5.75 Å². The van der Waals surface area contributed by atoms with Gasteiger partial charge in [0.05, 0.1) is 11.5 Å². The molecule has 0 unspecified atom stereocenters. The van der Waals surface area contributed by atoms with E-state index in [4.69, 9.17) is 4.74 Å². The van der Waals surface area contributed by atoms with Crippen LogP contribution in [0, 0.1) is 10.1 Å². The number of hydrogen-bond donors (Lipinski definition) is 0. The highest BCUT2D eigenvalue weighted by molar-refractivity contribution is 5.63. The van der Waals surface area contributed by atoms with Crippen LogP contribution in [0.1, 0.15) is 20.8 Å². The Kier molecular flexibility index (Phi) is 7.09. The highest BCUT2D eigenvalue weighted by Gasteiger charge is 2.07. The van der Waals surface area contributed by atoms with Crippen LogP contribution in [0.5, 0.6) is 5.75 Å². The normalized spacial score (nSPS) is 8.65. The van der Waals surface area contributed by atoms with Crippen molar-refractivity contribution < 1.29 is 19.2 Å². The number of non-ortho nitro benzene ring substituents is 1. The van der Waals surface area contributed by atoms with Crippen molar-refractivity contribution in [2.75, 3.05) is 6.61 Å². The third kappa shape index (κ3) is 5.50. The molecular weight excluding hydrogens is 226 g/mol. The Morgan fingerprint density at radius 2 is 1.82 bits per heavy atom. The molecule has 1 aromatic rings. The Labute approximate surface area is 99.3 Å². The fourth-order valence-electron chi connectivity index (χ4n) is 0.879. The molecule has 0 radical (unpaired) electrons. The van der Waals surface area contributed by atoms with E-state index in [2.05, 4.69) is 4.74 Å². The Morgan fingerprint density at radius 3 is 2.24 bits per heavy atom. The van der Waals surface area contributed by atoms with Gasteiger partial charge in [0.25, 0.3) is 5.69 Å². The fraction of sp³-hybridized carbons (Fsp3) is 0.364.